The third-order valence-electron chi connectivity index (χ3n) is 6.78. The summed E-state index contributed by atoms with van der Waals surface area (Å²) in [4.78, 5) is 13.4. The molecule has 2 aliphatic carbocycles. The first-order valence-electron chi connectivity index (χ1n) is 9.77. The van der Waals surface area contributed by atoms with Gasteiger partial charge in [-0.05, 0) is 55.4 Å². The summed E-state index contributed by atoms with van der Waals surface area (Å²) in [6.45, 7) is 6.80. The molecule has 3 nitrogen and oxygen atoms in total. The molecule has 0 radical (unpaired) electrons. The average molecular weight is 330 g/mol. The van der Waals surface area contributed by atoms with E-state index in [0.717, 1.165) is 25.7 Å². The van der Waals surface area contributed by atoms with Crippen molar-refractivity contribution >= 4 is 5.97 Å². The number of carbonyl (C=O) groups excluding carboxylic acids is 1. The Morgan fingerprint density at radius 2 is 2.17 bits per heavy atom. The van der Waals surface area contributed by atoms with E-state index in [-0.39, 0.29) is 24.3 Å². The maximum absolute atomic E-state index is 13.4. The van der Waals surface area contributed by atoms with E-state index in [1.54, 1.807) is 0 Å². The van der Waals surface area contributed by atoms with Crippen LogP contribution in [0, 0.1) is 23.2 Å². The SMILES string of the molecule is CC(C)[C@@H]1CC[C@@H](C)C[C@H]1OC(=O)[C@@]12CCCC=C1[C@@H]1C=C[C@H]2O1. The Morgan fingerprint density at radius 3 is 2.96 bits per heavy atom. The fourth-order valence-corrected chi connectivity index (χ4v) is 5.38. The van der Waals surface area contributed by atoms with Crippen molar-refractivity contribution in [2.75, 3.05) is 0 Å². The van der Waals surface area contributed by atoms with Gasteiger partial charge in [0.25, 0.3) is 0 Å². The van der Waals surface area contributed by atoms with Gasteiger partial charge in [0.05, 0.1) is 12.2 Å². The highest BCUT2D eigenvalue weighted by Crippen LogP contribution is 2.54. The van der Waals surface area contributed by atoms with Crippen molar-refractivity contribution in [3.8, 4) is 0 Å². The second-order valence-corrected chi connectivity index (χ2v) is 8.66. The van der Waals surface area contributed by atoms with Crippen LogP contribution in [0.25, 0.3) is 0 Å². The Bertz CT molecular complexity index is 576. The topological polar surface area (TPSA) is 35.5 Å². The van der Waals surface area contributed by atoms with Gasteiger partial charge in [-0.15, -0.1) is 0 Å². The minimum Gasteiger partial charge on any atom is -0.461 e. The van der Waals surface area contributed by atoms with Gasteiger partial charge in [-0.3, -0.25) is 4.79 Å². The predicted octanol–water partition coefficient (Wildman–Crippen LogP) is 4.42. The van der Waals surface area contributed by atoms with Crippen molar-refractivity contribution in [1.82, 2.24) is 0 Å². The van der Waals surface area contributed by atoms with Crippen LogP contribution in [-0.4, -0.2) is 24.3 Å². The number of ether oxygens (including phenoxy) is 2. The predicted molar refractivity (Wildman–Crippen MR) is 93.4 cm³/mol. The van der Waals surface area contributed by atoms with Gasteiger partial charge >= 0.3 is 5.97 Å². The summed E-state index contributed by atoms with van der Waals surface area (Å²) >= 11 is 0. The number of esters is 1. The van der Waals surface area contributed by atoms with Crippen molar-refractivity contribution in [1.29, 1.82) is 0 Å². The molecule has 24 heavy (non-hydrogen) atoms. The van der Waals surface area contributed by atoms with Gasteiger partial charge in [-0.25, -0.2) is 0 Å². The maximum atomic E-state index is 13.4. The molecule has 0 unspecified atom stereocenters. The first-order chi connectivity index (χ1) is 11.5. The van der Waals surface area contributed by atoms with Crippen LogP contribution < -0.4 is 0 Å². The quantitative estimate of drug-likeness (QED) is 0.567. The Morgan fingerprint density at radius 1 is 1.33 bits per heavy atom. The molecule has 2 aliphatic heterocycles. The van der Waals surface area contributed by atoms with E-state index in [1.807, 2.05) is 0 Å². The van der Waals surface area contributed by atoms with Gasteiger partial charge in [-0.1, -0.05) is 45.4 Å². The van der Waals surface area contributed by atoms with Crippen LogP contribution in [0.15, 0.2) is 23.8 Å². The Hall–Kier alpha value is -1.09. The maximum Gasteiger partial charge on any atom is 0.319 e. The van der Waals surface area contributed by atoms with E-state index >= 15 is 0 Å². The number of rotatable bonds is 3. The molecule has 0 aromatic rings. The average Bonchev–Trinajstić information content (AvgIpc) is 3.16. The van der Waals surface area contributed by atoms with Gasteiger partial charge in [-0.2, -0.15) is 0 Å². The summed E-state index contributed by atoms with van der Waals surface area (Å²) in [7, 11) is 0. The van der Waals surface area contributed by atoms with E-state index in [1.165, 1.54) is 18.4 Å². The summed E-state index contributed by atoms with van der Waals surface area (Å²) < 4.78 is 12.3. The Kier molecular flexibility index (Phi) is 4.11. The summed E-state index contributed by atoms with van der Waals surface area (Å²) in [5.74, 6) is 1.68. The van der Waals surface area contributed by atoms with E-state index in [2.05, 4.69) is 39.0 Å². The monoisotopic (exact) mass is 330 g/mol. The van der Waals surface area contributed by atoms with Crippen LogP contribution >= 0.6 is 0 Å². The Labute approximate surface area is 145 Å². The summed E-state index contributed by atoms with van der Waals surface area (Å²) in [5.41, 5.74) is 0.649. The van der Waals surface area contributed by atoms with Crippen molar-refractivity contribution in [3.63, 3.8) is 0 Å². The zero-order valence-electron chi connectivity index (χ0n) is 15.2. The van der Waals surface area contributed by atoms with Gasteiger partial charge in [0.2, 0.25) is 0 Å². The lowest BCUT2D eigenvalue weighted by Gasteiger charge is -2.41. The molecule has 6 atom stereocenters. The van der Waals surface area contributed by atoms with E-state index in [0.29, 0.717) is 17.8 Å². The molecule has 4 aliphatic rings. The molecule has 0 N–H and O–H groups in total. The molecule has 2 bridgehead atoms. The van der Waals surface area contributed by atoms with Crippen LogP contribution in [0.5, 0.6) is 0 Å². The van der Waals surface area contributed by atoms with Crippen molar-refractivity contribution in [2.24, 2.45) is 23.2 Å². The molecule has 1 saturated heterocycles. The summed E-state index contributed by atoms with van der Waals surface area (Å²) in [5, 5.41) is 0. The third kappa shape index (κ3) is 2.39. The van der Waals surface area contributed by atoms with Crippen molar-refractivity contribution < 1.29 is 14.3 Å². The fraction of sp³-hybridized carbons (Fsp3) is 0.762. The fourth-order valence-electron chi connectivity index (χ4n) is 5.38. The first kappa shape index (κ1) is 16.4. The molecule has 0 aromatic heterocycles. The molecule has 4 rings (SSSR count). The lowest BCUT2D eigenvalue weighted by molar-refractivity contribution is -0.169. The molecule has 132 valence electrons. The second-order valence-electron chi connectivity index (χ2n) is 8.66. The van der Waals surface area contributed by atoms with Gasteiger partial charge < -0.3 is 9.47 Å². The smallest absolute Gasteiger partial charge is 0.319 e. The standard InChI is InChI=1S/C21H30O3/c1-13(2)15-8-7-14(3)12-18(15)24-20(22)21-11-5-4-6-16(21)17-9-10-19(21)23-17/h6,9-10,13-15,17-19H,4-5,7-8,11-12H2,1-3H3/t14-,15+,17+,18-,19-,21+/m1/s1. The molecule has 0 spiro atoms. The number of hydrogen-bond donors (Lipinski definition) is 0. The molecule has 3 heteroatoms. The van der Waals surface area contributed by atoms with Crippen molar-refractivity contribution in [2.45, 2.75) is 77.6 Å². The van der Waals surface area contributed by atoms with Crippen LogP contribution in [0.4, 0.5) is 0 Å². The largest absolute Gasteiger partial charge is 0.461 e. The van der Waals surface area contributed by atoms with Crippen LogP contribution in [-0.2, 0) is 14.3 Å². The lowest BCUT2D eigenvalue weighted by Crippen LogP contribution is -2.46. The zero-order chi connectivity index (χ0) is 16.9. The van der Waals surface area contributed by atoms with E-state index in [9.17, 15) is 4.79 Å². The molecule has 1 saturated carbocycles. The molecule has 0 amide bonds. The number of fused-ring (bicyclic) bond motifs is 5. The highest BCUT2D eigenvalue weighted by molar-refractivity contribution is 5.84. The minimum absolute atomic E-state index is 0.00836. The number of carbonyl (C=O) groups is 1. The van der Waals surface area contributed by atoms with E-state index in [4.69, 9.17) is 9.47 Å². The summed E-state index contributed by atoms with van der Waals surface area (Å²) in [6.07, 6.45) is 12.8. The molecule has 2 heterocycles. The highest BCUT2D eigenvalue weighted by atomic mass is 16.6. The van der Waals surface area contributed by atoms with Crippen LogP contribution in [0.1, 0.15) is 59.3 Å². The normalized spacial score (nSPS) is 43.7. The minimum atomic E-state index is -0.528. The Balaban J connectivity index is 1.58. The second kappa shape index (κ2) is 6.01. The van der Waals surface area contributed by atoms with E-state index < -0.39 is 5.41 Å². The first-order valence-corrected chi connectivity index (χ1v) is 9.77. The lowest BCUT2D eigenvalue weighted by atomic mass is 9.66. The summed E-state index contributed by atoms with van der Waals surface area (Å²) in [6, 6.07) is 0. The molecular formula is C21H30O3. The highest BCUT2D eigenvalue weighted by Gasteiger charge is 2.60. The number of allylic oxidation sites excluding steroid dienone is 1. The van der Waals surface area contributed by atoms with Crippen molar-refractivity contribution in [3.05, 3.63) is 23.8 Å². The zero-order valence-corrected chi connectivity index (χ0v) is 15.2. The van der Waals surface area contributed by atoms with Gasteiger partial charge in [0.1, 0.15) is 11.5 Å². The molecular weight excluding hydrogens is 300 g/mol. The molecule has 0 aromatic carbocycles. The van der Waals surface area contributed by atoms with Crippen LogP contribution in [0.3, 0.4) is 0 Å². The third-order valence-corrected chi connectivity index (χ3v) is 6.78. The van der Waals surface area contributed by atoms with Gasteiger partial charge in [0.15, 0.2) is 0 Å². The van der Waals surface area contributed by atoms with Gasteiger partial charge in [0, 0.05) is 0 Å². The number of hydrogen-bond acceptors (Lipinski definition) is 3. The molecule has 2 fully saturated rings. The van der Waals surface area contributed by atoms with Crippen LogP contribution in [0.2, 0.25) is 0 Å².